The summed E-state index contributed by atoms with van der Waals surface area (Å²) in [5.74, 6) is 0. The second-order valence-corrected chi connectivity index (χ2v) is 2.54. The Balaban J connectivity index is 2.56. The largest absolute Gasteiger partial charge is 0.285 e. The molecular weight excluding hydrogens is 154 g/mol. The number of aromatic amines is 1. The van der Waals surface area contributed by atoms with Gasteiger partial charge in [0.25, 0.3) is 0 Å². The summed E-state index contributed by atoms with van der Waals surface area (Å²) in [6.45, 7) is 0. The van der Waals surface area contributed by atoms with E-state index in [9.17, 15) is 0 Å². The van der Waals surface area contributed by atoms with E-state index in [2.05, 4.69) is 20.2 Å². The van der Waals surface area contributed by atoms with Crippen LogP contribution in [0.15, 0.2) is 17.5 Å². The summed E-state index contributed by atoms with van der Waals surface area (Å²) in [4.78, 5) is 8.11. The van der Waals surface area contributed by atoms with Crippen LogP contribution in [-0.2, 0) is 0 Å². The molecule has 0 saturated heterocycles. The van der Waals surface area contributed by atoms with Gasteiger partial charge in [0.15, 0.2) is 5.65 Å². The predicted octanol–water partition coefficient (Wildman–Crippen LogP) is 0.620. The second-order valence-electron chi connectivity index (χ2n) is 2.54. The number of rotatable bonds is 0. The van der Waals surface area contributed by atoms with E-state index in [1.165, 1.54) is 0 Å². The van der Waals surface area contributed by atoms with Crippen molar-refractivity contribution in [3.8, 4) is 0 Å². The predicted molar refractivity (Wildman–Crippen MR) is 44.8 cm³/mol. The molecule has 0 amide bonds. The van der Waals surface area contributed by atoms with Gasteiger partial charge in [0, 0.05) is 6.20 Å². The third kappa shape index (κ3) is 0.554. The summed E-state index contributed by atoms with van der Waals surface area (Å²) in [6, 6.07) is 0. The van der Waals surface area contributed by atoms with Gasteiger partial charge < -0.3 is 0 Å². The molecule has 2 aromatic heterocycles. The van der Waals surface area contributed by atoms with Crippen molar-refractivity contribution in [3.05, 3.63) is 18.2 Å². The average Bonchev–Trinajstić information content (AvgIpc) is 2.57. The zero-order valence-electron chi connectivity index (χ0n) is 6.10. The highest BCUT2D eigenvalue weighted by atomic mass is 15.2. The Morgan fingerprint density at radius 3 is 3.42 bits per heavy atom. The molecule has 5 nitrogen and oxygen atoms in total. The fourth-order valence-corrected chi connectivity index (χ4v) is 1.29. The SMILES string of the molecule is C1=Cc2[nH]nc3ncn(c23)C=N1. The highest BCUT2D eigenvalue weighted by molar-refractivity contribution is 5.88. The Morgan fingerprint density at radius 1 is 1.42 bits per heavy atom. The van der Waals surface area contributed by atoms with Crippen molar-refractivity contribution in [1.29, 1.82) is 0 Å². The van der Waals surface area contributed by atoms with Crippen molar-refractivity contribution >= 4 is 23.6 Å². The fourth-order valence-electron chi connectivity index (χ4n) is 1.29. The lowest BCUT2D eigenvalue weighted by Gasteiger charge is -1.88. The third-order valence-electron chi connectivity index (χ3n) is 1.83. The van der Waals surface area contributed by atoms with Crippen LogP contribution in [-0.4, -0.2) is 26.1 Å². The van der Waals surface area contributed by atoms with E-state index in [-0.39, 0.29) is 0 Å². The van der Waals surface area contributed by atoms with Crippen molar-refractivity contribution < 1.29 is 0 Å². The first kappa shape index (κ1) is 5.70. The summed E-state index contributed by atoms with van der Waals surface area (Å²) >= 11 is 0. The Bertz CT molecular complexity index is 445. The van der Waals surface area contributed by atoms with E-state index >= 15 is 0 Å². The molecular formula is C7H5N5. The van der Waals surface area contributed by atoms with Crippen LogP contribution in [0.4, 0.5) is 0 Å². The Labute approximate surface area is 67.4 Å². The Kier molecular flexibility index (Phi) is 0.864. The van der Waals surface area contributed by atoms with Crippen LogP contribution < -0.4 is 0 Å². The van der Waals surface area contributed by atoms with Crippen molar-refractivity contribution in [2.45, 2.75) is 0 Å². The van der Waals surface area contributed by atoms with Crippen LogP contribution in [0.2, 0.25) is 0 Å². The minimum Gasteiger partial charge on any atom is -0.285 e. The van der Waals surface area contributed by atoms with E-state index < -0.39 is 0 Å². The maximum Gasteiger partial charge on any atom is 0.200 e. The van der Waals surface area contributed by atoms with E-state index in [1.54, 1.807) is 18.9 Å². The summed E-state index contributed by atoms with van der Waals surface area (Å²) in [5, 5.41) is 6.90. The molecule has 0 unspecified atom stereocenters. The normalized spacial score (nSPS) is 14.0. The molecule has 1 aliphatic rings. The van der Waals surface area contributed by atoms with Crippen LogP contribution in [0.5, 0.6) is 0 Å². The molecule has 2 aromatic rings. The van der Waals surface area contributed by atoms with Gasteiger partial charge in [0.2, 0.25) is 0 Å². The number of H-pyrrole nitrogens is 1. The van der Waals surface area contributed by atoms with Gasteiger partial charge in [-0.15, -0.1) is 0 Å². The molecule has 58 valence electrons. The first-order valence-corrected chi connectivity index (χ1v) is 3.56. The molecule has 1 aliphatic heterocycles. The lowest BCUT2D eigenvalue weighted by molar-refractivity contribution is 1.07. The number of hydrogen-bond acceptors (Lipinski definition) is 3. The van der Waals surface area contributed by atoms with Crippen molar-refractivity contribution in [1.82, 2.24) is 19.7 Å². The van der Waals surface area contributed by atoms with Crippen molar-refractivity contribution in [2.24, 2.45) is 4.99 Å². The van der Waals surface area contributed by atoms with E-state index in [0.717, 1.165) is 16.9 Å². The van der Waals surface area contributed by atoms with Gasteiger partial charge in [-0.25, -0.2) is 9.98 Å². The monoisotopic (exact) mass is 159 g/mol. The highest BCUT2D eigenvalue weighted by Gasteiger charge is 2.09. The van der Waals surface area contributed by atoms with Crippen molar-refractivity contribution in [2.75, 3.05) is 0 Å². The number of nitrogens with zero attached hydrogens (tertiary/aromatic N) is 4. The number of nitrogens with one attached hydrogen (secondary N) is 1. The van der Waals surface area contributed by atoms with Gasteiger partial charge in [-0.2, -0.15) is 5.10 Å². The van der Waals surface area contributed by atoms with Gasteiger partial charge in [-0.05, 0) is 6.08 Å². The Hall–Kier alpha value is -1.91. The average molecular weight is 159 g/mol. The third-order valence-corrected chi connectivity index (χ3v) is 1.83. The number of imidazole rings is 1. The van der Waals surface area contributed by atoms with Crippen LogP contribution in [0.1, 0.15) is 5.69 Å². The molecule has 5 heteroatoms. The molecule has 0 aromatic carbocycles. The van der Waals surface area contributed by atoms with Gasteiger partial charge >= 0.3 is 0 Å². The molecule has 0 fully saturated rings. The number of aromatic nitrogens is 4. The summed E-state index contributed by atoms with van der Waals surface area (Å²) in [6.07, 6.45) is 7.00. The molecule has 0 bridgehead atoms. The van der Waals surface area contributed by atoms with E-state index in [0.29, 0.717) is 0 Å². The molecule has 1 N–H and O–H groups in total. The zero-order chi connectivity index (χ0) is 7.97. The second kappa shape index (κ2) is 1.82. The van der Waals surface area contributed by atoms with Crippen LogP contribution >= 0.6 is 0 Å². The molecule has 0 spiro atoms. The Morgan fingerprint density at radius 2 is 2.42 bits per heavy atom. The quantitative estimate of drug-likeness (QED) is 0.612. The topological polar surface area (TPSA) is 58.9 Å². The van der Waals surface area contributed by atoms with Crippen LogP contribution in [0.3, 0.4) is 0 Å². The zero-order valence-corrected chi connectivity index (χ0v) is 6.10. The maximum atomic E-state index is 4.09. The summed E-state index contributed by atoms with van der Waals surface area (Å²) in [5.41, 5.74) is 2.65. The summed E-state index contributed by atoms with van der Waals surface area (Å²) < 4.78 is 1.84. The lowest BCUT2D eigenvalue weighted by atomic mass is 10.4. The standard InChI is InChI=1S/C7H5N5/c1-2-8-3-12-4-9-7-6(12)5(1)10-11-7/h1-4H,(H,10,11). The van der Waals surface area contributed by atoms with E-state index in [4.69, 9.17) is 0 Å². The van der Waals surface area contributed by atoms with Gasteiger partial charge in [-0.3, -0.25) is 9.67 Å². The molecule has 12 heavy (non-hydrogen) atoms. The van der Waals surface area contributed by atoms with Crippen molar-refractivity contribution in [3.63, 3.8) is 0 Å². The fraction of sp³-hybridized carbons (Fsp3) is 0. The number of hydrogen-bond donors (Lipinski definition) is 1. The molecule has 3 heterocycles. The van der Waals surface area contributed by atoms with Gasteiger partial charge in [0.1, 0.15) is 18.2 Å². The smallest absolute Gasteiger partial charge is 0.200 e. The molecule has 3 rings (SSSR count). The van der Waals surface area contributed by atoms with E-state index in [1.807, 2.05) is 10.6 Å². The summed E-state index contributed by atoms with van der Waals surface area (Å²) in [7, 11) is 0. The minimum absolute atomic E-state index is 0.725. The highest BCUT2D eigenvalue weighted by Crippen LogP contribution is 2.16. The maximum absolute atomic E-state index is 4.09. The molecule has 0 atom stereocenters. The molecule has 0 aliphatic carbocycles. The van der Waals surface area contributed by atoms with Crippen LogP contribution in [0.25, 0.3) is 17.2 Å². The van der Waals surface area contributed by atoms with Gasteiger partial charge in [0.05, 0.1) is 5.69 Å². The van der Waals surface area contributed by atoms with Crippen LogP contribution in [0, 0.1) is 0 Å². The number of aliphatic imine (C=N–C) groups is 1. The lowest BCUT2D eigenvalue weighted by Crippen LogP contribution is -1.90. The first-order chi connectivity index (χ1) is 5.95. The molecule has 0 radical (unpaired) electrons. The minimum atomic E-state index is 0.725. The van der Waals surface area contributed by atoms with Gasteiger partial charge in [-0.1, -0.05) is 0 Å². The molecule has 0 saturated carbocycles. The first-order valence-electron chi connectivity index (χ1n) is 3.56.